The number of anilines is 1. The van der Waals surface area contributed by atoms with E-state index in [0.29, 0.717) is 0 Å². The summed E-state index contributed by atoms with van der Waals surface area (Å²) in [4.78, 5) is 18.0. The molecule has 1 unspecified atom stereocenters. The predicted octanol–water partition coefficient (Wildman–Crippen LogP) is 3.17. The highest BCUT2D eigenvalue weighted by molar-refractivity contribution is 5.88. The van der Waals surface area contributed by atoms with Crippen molar-refractivity contribution in [3.8, 4) is 0 Å². The van der Waals surface area contributed by atoms with Crippen molar-refractivity contribution in [2.24, 2.45) is 4.99 Å². The number of amides is 1. The molecule has 7 heteroatoms. The minimum atomic E-state index is -0.0586. The SMILES string of the molecule is CN=C(NCCc1ccc(NC(C)=O)cc1)NCC(c1ccco1)N1CCCCC1. The fraction of sp³-hybridized carbons (Fsp3) is 0.478. The Kier molecular flexibility index (Phi) is 8.32. The van der Waals surface area contributed by atoms with E-state index in [1.54, 1.807) is 13.3 Å². The van der Waals surface area contributed by atoms with E-state index in [-0.39, 0.29) is 11.9 Å². The largest absolute Gasteiger partial charge is 0.468 e. The van der Waals surface area contributed by atoms with Gasteiger partial charge in [0.2, 0.25) is 5.91 Å². The van der Waals surface area contributed by atoms with Gasteiger partial charge in [-0.05, 0) is 62.2 Å². The molecule has 1 aromatic carbocycles. The number of guanidine groups is 1. The number of hydrogen-bond donors (Lipinski definition) is 3. The first-order valence-electron chi connectivity index (χ1n) is 10.7. The smallest absolute Gasteiger partial charge is 0.221 e. The average molecular weight is 412 g/mol. The van der Waals surface area contributed by atoms with E-state index < -0.39 is 0 Å². The third kappa shape index (κ3) is 6.62. The van der Waals surface area contributed by atoms with Crippen molar-refractivity contribution in [1.29, 1.82) is 0 Å². The molecule has 1 fully saturated rings. The highest BCUT2D eigenvalue weighted by Crippen LogP contribution is 2.24. The Morgan fingerprint density at radius 1 is 1.13 bits per heavy atom. The molecule has 1 aliphatic rings. The lowest BCUT2D eigenvalue weighted by Gasteiger charge is -2.33. The Bertz CT molecular complexity index is 796. The molecule has 1 aromatic heterocycles. The van der Waals surface area contributed by atoms with Crippen LogP contribution in [0.1, 0.15) is 43.6 Å². The van der Waals surface area contributed by atoms with Crippen molar-refractivity contribution in [2.75, 3.05) is 38.5 Å². The number of furan rings is 1. The summed E-state index contributed by atoms with van der Waals surface area (Å²) in [6, 6.07) is 12.1. The molecule has 2 heterocycles. The maximum atomic E-state index is 11.1. The molecular formula is C23H33N5O2. The molecule has 3 rings (SSSR count). The monoisotopic (exact) mass is 411 g/mol. The standard InChI is InChI=1S/C23H33N5O2/c1-18(29)27-20-10-8-19(9-11-20)12-13-25-23(24-2)26-17-21(22-7-6-16-30-22)28-14-4-3-5-15-28/h6-11,16,21H,3-5,12-15,17H2,1-2H3,(H,27,29)(H2,24,25,26). The van der Waals surface area contributed by atoms with Crippen LogP contribution >= 0.6 is 0 Å². The molecule has 0 aliphatic carbocycles. The minimum Gasteiger partial charge on any atom is -0.468 e. The number of likely N-dealkylation sites (tertiary alicyclic amines) is 1. The van der Waals surface area contributed by atoms with Crippen molar-refractivity contribution in [3.63, 3.8) is 0 Å². The van der Waals surface area contributed by atoms with Gasteiger partial charge in [0.1, 0.15) is 5.76 Å². The first-order chi connectivity index (χ1) is 14.7. The quantitative estimate of drug-likeness (QED) is 0.459. The van der Waals surface area contributed by atoms with Gasteiger partial charge in [0.05, 0.1) is 12.3 Å². The molecule has 1 amide bonds. The molecule has 3 N–H and O–H groups in total. The summed E-state index contributed by atoms with van der Waals surface area (Å²) < 4.78 is 5.72. The molecule has 0 bridgehead atoms. The van der Waals surface area contributed by atoms with Gasteiger partial charge in [0, 0.05) is 32.7 Å². The summed E-state index contributed by atoms with van der Waals surface area (Å²) in [5.41, 5.74) is 2.02. The Labute approximate surface area is 178 Å². The predicted molar refractivity (Wildman–Crippen MR) is 121 cm³/mol. The highest BCUT2D eigenvalue weighted by Gasteiger charge is 2.24. The summed E-state index contributed by atoms with van der Waals surface area (Å²) in [6.07, 6.45) is 6.41. The van der Waals surface area contributed by atoms with Crippen LogP contribution in [0.25, 0.3) is 0 Å². The Hall–Kier alpha value is -2.80. The minimum absolute atomic E-state index is 0.0586. The third-order valence-corrected chi connectivity index (χ3v) is 5.37. The zero-order valence-corrected chi connectivity index (χ0v) is 18.0. The first kappa shape index (κ1) is 21.9. The number of carbonyl (C=O) groups excluding carboxylic acids is 1. The summed E-state index contributed by atoms with van der Waals surface area (Å²) in [7, 11) is 1.79. The molecule has 2 aromatic rings. The zero-order valence-electron chi connectivity index (χ0n) is 18.0. The van der Waals surface area contributed by atoms with Crippen LogP contribution in [0.3, 0.4) is 0 Å². The molecule has 162 valence electrons. The highest BCUT2D eigenvalue weighted by atomic mass is 16.3. The first-order valence-corrected chi connectivity index (χ1v) is 10.7. The summed E-state index contributed by atoms with van der Waals surface area (Å²) in [6.45, 7) is 5.24. The topological polar surface area (TPSA) is 81.9 Å². The number of piperidine rings is 1. The van der Waals surface area contributed by atoms with Gasteiger partial charge in [0.25, 0.3) is 0 Å². The second-order valence-corrected chi connectivity index (χ2v) is 7.64. The molecule has 7 nitrogen and oxygen atoms in total. The van der Waals surface area contributed by atoms with Crippen LogP contribution in [-0.4, -0.2) is 50.0 Å². The Morgan fingerprint density at radius 3 is 2.53 bits per heavy atom. The van der Waals surface area contributed by atoms with Gasteiger partial charge in [-0.15, -0.1) is 0 Å². The maximum Gasteiger partial charge on any atom is 0.221 e. The Morgan fingerprint density at radius 2 is 1.90 bits per heavy atom. The number of carbonyl (C=O) groups is 1. The summed E-state index contributed by atoms with van der Waals surface area (Å²) >= 11 is 0. The van der Waals surface area contributed by atoms with E-state index in [9.17, 15) is 4.79 Å². The number of benzene rings is 1. The lowest BCUT2D eigenvalue weighted by atomic mass is 10.1. The number of nitrogens with one attached hydrogen (secondary N) is 3. The number of nitrogens with zero attached hydrogens (tertiary/aromatic N) is 2. The maximum absolute atomic E-state index is 11.1. The third-order valence-electron chi connectivity index (χ3n) is 5.37. The van der Waals surface area contributed by atoms with E-state index in [1.807, 2.05) is 30.3 Å². The van der Waals surface area contributed by atoms with E-state index in [0.717, 1.165) is 50.0 Å². The van der Waals surface area contributed by atoms with Crippen molar-refractivity contribution in [1.82, 2.24) is 15.5 Å². The normalized spacial score (nSPS) is 16.1. The van der Waals surface area contributed by atoms with Crippen molar-refractivity contribution in [2.45, 2.75) is 38.6 Å². The molecule has 0 spiro atoms. The Balaban J connectivity index is 1.48. The molecule has 0 radical (unpaired) electrons. The molecule has 30 heavy (non-hydrogen) atoms. The second kappa shape index (κ2) is 11.4. The van der Waals surface area contributed by atoms with Crippen molar-refractivity contribution < 1.29 is 9.21 Å². The average Bonchev–Trinajstić information content (AvgIpc) is 3.29. The van der Waals surface area contributed by atoms with Crippen LogP contribution in [0.4, 0.5) is 5.69 Å². The van der Waals surface area contributed by atoms with Gasteiger partial charge < -0.3 is 20.4 Å². The van der Waals surface area contributed by atoms with E-state index in [4.69, 9.17) is 4.42 Å². The van der Waals surface area contributed by atoms with Gasteiger partial charge in [0.15, 0.2) is 5.96 Å². The van der Waals surface area contributed by atoms with Crippen LogP contribution in [0.5, 0.6) is 0 Å². The zero-order chi connectivity index (χ0) is 21.2. The van der Waals surface area contributed by atoms with Gasteiger partial charge in [-0.1, -0.05) is 18.6 Å². The fourth-order valence-electron chi connectivity index (χ4n) is 3.82. The molecule has 1 saturated heterocycles. The van der Waals surface area contributed by atoms with E-state index in [1.165, 1.54) is 31.7 Å². The molecule has 1 atom stereocenters. The van der Waals surface area contributed by atoms with Gasteiger partial charge in [-0.3, -0.25) is 14.7 Å². The fourth-order valence-corrected chi connectivity index (χ4v) is 3.82. The van der Waals surface area contributed by atoms with Crippen LogP contribution in [0, 0.1) is 0 Å². The van der Waals surface area contributed by atoms with Gasteiger partial charge in [-0.2, -0.15) is 0 Å². The van der Waals surface area contributed by atoms with E-state index in [2.05, 4.69) is 31.9 Å². The lowest BCUT2D eigenvalue weighted by molar-refractivity contribution is -0.114. The molecular weight excluding hydrogens is 378 g/mol. The van der Waals surface area contributed by atoms with E-state index >= 15 is 0 Å². The summed E-state index contributed by atoms with van der Waals surface area (Å²) in [5.74, 6) is 1.73. The van der Waals surface area contributed by atoms with Crippen molar-refractivity contribution in [3.05, 3.63) is 54.0 Å². The van der Waals surface area contributed by atoms with Crippen LogP contribution in [0.2, 0.25) is 0 Å². The van der Waals surface area contributed by atoms with Gasteiger partial charge in [-0.25, -0.2) is 0 Å². The van der Waals surface area contributed by atoms with Crippen LogP contribution < -0.4 is 16.0 Å². The number of hydrogen-bond acceptors (Lipinski definition) is 4. The summed E-state index contributed by atoms with van der Waals surface area (Å²) in [5, 5.41) is 9.64. The van der Waals surface area contributed by atoms with Gasteiger partial charge >= 0.3 is 0 Å². The number of aliphatic imine (C=N–C) groups is 1. The lowest BCUT2D eigenvalue weighted by Crippen LogP contribution is -2.44. The van der Waals surface area contributed by atoms with Crippen LogP contribution in [0.15, 0.2) is 52.1 Å². The molecule has 0 saturated carbocycles. The number of rotatable bonds is 8. The van der Waals surface area contributed by atoms with Crippen LogP contribution in [-0.2, 0) is 11.2 Å². The molecule has 1 aliphatic heterocycles. The van der Waals surface area contributed by atoms with Crippen molar-refractivity contribution >= 4 is 17.6 Å². The second-order valence-electron chi connectivity index (χ2n) is 7.64.